The van der Waals surface area contributed by atoms with Crippen LogP contribution in [0.3, 0.4) is 0 Å². The van der Waals surface area contributed by atoms with Crippen LogP contribution in [0.25, 0.3) is 0 Å². The number of nitrogens with zero attached hydrogens (tertiary/aromatic N) is 2. The van der Waals surface area contributed by atoms with Crippen molar-refractivity contribution in [3.63, 3.8) is 0 Å². The van der Waals surface area contributed by atoms with E-state index in [4.69, 9.17) is 5.26 Å². The largest absolute Gasteiger partial charge is 0.336 e. The highest BCUT2D eigenvalue weighted by Crippen LogP contribution is 2.32. The van der Waals surface area contributed by atoms with E-state index < -0.39 is 28.4 Å². The molecule has 1 aliphatic rings. The van der Waals surface area contributed by atoms with Crippen LogP contribution in [0.5, 0.6) is 0 Å². The number of hydrogen-bond donors (Lipinski definition) is 1. The van der Waals surface area contributed by atoms with E-state index >= 15 is 0 Å². The molecule has 0 radical (unpaired) electrons. The van der Waals surface area contributed by atoms with Gasteiger partial charge in [0.05, 0.1) is 11.0 Å². The van der Waals surface area contributed by atoms with Crippen LogP contribution in [0.2, 0.25) is 0 Å². The summed E-state index contributed by atoms with van der Waals surface area (Å²) in [5.74, 6) is -1.47. The zero-order chi connectivity index (χ0) is 14.0. The van der Waals surface area contributed by atoms with Gasteiger partial charge in [-0.05, 0) is 30.9 Å². The summed E-state index contributed by atoms with van der Waals surface area (Å²) in [5.41, 5.74) is -0.790. The summed E-state index contributed by atoms with van der Waals surface area (Å²) in [6.07, 6.45) is 1.75. The Morgan fingerprint density at radius 3 is 2.79 bits per heavy atom. The van der Waals surface area contributed by atoms with Crippen molar-refractivity contribution in [3.05, 3.63) is 39.7 Å². The van der Waals surface area contributed by atoms with Gasteiger partial charge in [0.2, 0.25) is 5.82 Å². The summed E-state index contributed by atoms with van der Waals surface area (Å²) >= 11 is 0. The van der Waals surface area contributed by atoms with Crippen LogP contribution >= 0.6 is 0 Å². The standard InChI is InChI=1S/C12H10FN3O3/c13-9-4-3-8(5-11(9)16(18)19)12(17)15-10(6-14)7-1-2-7/h3-5,7,10H,1-2H2,(H,15,17). The van der Waals surface area contributed by atoms with E-state index in [-0.39, 0.29) is 11.5 Å². The van der Waals surface area contributed by atoms with Crippen LogP contribution in [-0.2, 0) is 0 Å². The first kappa shape index (κ1) is 13.0. The molecular weight excluding hydrogens is 253 g/mol. The lowest BCUT2D eigenvalue weighted by Crippen LogP contribution is -2.35. The van der Waals surface area contributed by atoms with Crippen molar-refractivity contribution in [1.29, 1.82) is 5.26 Å². The lowest BCUT2D eigenvalue weighted by molar-refractivity contribution is -0.387. The third kappa shape index (κ3) is 2.85. The van der Waals surface area contributed by atoms with E-state index in [1.165, 1.54) is 0 Å². The monoisotopic (exact) mass is 263 g/mol. The zero-order valence-corrected chi connectivity index (χ0v) is 9.80. The molecule has 2 rings (SSSR count). The molecule has 0 aliphatic heterocycles. The predicted molar refractivity (Wildman–Crippen MR) is 62.6 cm³/mol. The molecule has 19 heavy (non-hydrogen) atoms. The first-order valence-corrected chi connectivity index (χ1v) is 5.67. The van der Waals surface area contributed by atoms with Crippen molar-refractivity contribution in [3.8, 4) is 6.07 Å². The molecule has 1 aliphatic carbocycles. The fourth-order valence-corrected chi connectivity index (χ4v) is 1.70. The summed E-state index contributed by atoms with van der Waals surface area (Å²) in [4.78, 5) is 21.5. The molecule has 0 heterocycles. The van der Waals surface area contributed by atoms with Gasteiger partial charge in [0, 0.05) is 11.6 Å². The van der Waals surface area contributed by atoms with Crippen molar-refractivity contribution in [1.82, 2.24) is 5.32 Å². The molecule has 0 aromatic heterocycles. The lowest BCUT2D eigenvalue weighted by atomic mass is 10.1. The molecule has 0 bridgehead atoms. The fraction of sp³-hybridized carbons (Fsp3) is 0.333. The van der Waals surface area contributed by atoms with Gasteiger partial charge in [0.25, 0.3) is 5.91 Å². The molecule has 1 aromatic rings. The molecule has 1 saturated carbocycles. The zero-order valence-electron chi connectivity index (χ0n) is 9.80. The van der Waals surface area contributed by atoms with E-state index in [0.29, 0.717) is 0 Å². The number of halogens is 1. The molecule has 0 saturated heterocycles. The van der Waals surface area contributed by atoms with Crippen LogP contribution in [-0.4, -0.2) is 16.9 Å². The summed E-state index contributed by atoms with van der Waals surface area (Å²) in [6, 6.07) is 4.26. The summed E-state index contributed by atoms with van der Waals surface area (Å²) < 4.78 is 13.1. The van der Waals surface area contributed by atoms with Crippen LogP contribution in [0, 0.1) is 33.2 Å². The van der Waals surface area contributed by atoms with Gasteiger partial charge in [-0.3, -0.25) is 14.9 Å². The highest BCUT2D eigenvalue weighted by molar-refractivity contribution is 5.95. The van der Waals surface area contributed by atoms with Crippen LogP contribution < -0.4 is 5.32 Å². The van der Waals surface area contributed by atoms with Gasteiger partial charge >= 0.3 is 5.69 Å². The maximum Gasteiger partial charge on any atom is 0.305 e. The van der Waals surface area contributed by atoms with Crippen molar-refractivity contribution >= 4 is 11.6 Å². The van der Waals surface area contributed by atoms with E-state index in [0.717, 1.165) is 31.0 Å². The molecule has 1 N–H and O–H groups in total. The summed E-state index contributed by atoms with van der Waals surface area (Å²) in [7, 11) is 0. The summed E-state index contributed by atoms with van der Waals surface area (Å²) in [5, 5.41) is 21.9. The molecule has 0 spiro atoms. The van der Waals surface area contributed by atoms with Gasteiger partial charge in [-0.2, -0.15) is 9.65 Å². The molecule has 1 fully saturated rings. The number of nitriles is 1. The maximum absolute atomic E-state index is 13.1. The van der Waals surface area contributed by atoms with Crippen LogP contribution in [0.4, 0.5) is 10.1 Å². The highest BCUT2D eigenvalue weighted by atomic mass is 19.1. The fourth-order valence-electron chi connectivity index (χ4n) is 1.70. The number of carbonyl (C=O) groups is 1. The Hall–Kier alpha value is -2.49. The van der Waals surface area contributed by atoms with Crippen LogP contribution in [0.1, 0.15) is 23.2 Å². The van der Waals surface area contributed by atoms with Crippen molar-refractivity contribution in [2.24, 2.45) is 5.92 Å². The van der Waals surface area contributed by atoms with E-state index in [2.05, 4.69) is 5.32 Å². The molecule has 98 valence electrons. The average Bonchev–Trinajstić information content (AvgIpc) is 3.20. The normalized spacial score (nSPS) is 15.4. The Labute approximate surface area is 108 Å². The Balaban J connectivity index is 2.17. The third-order valence-corrected chi connectivity index (χ3v) is 2.92. The quantitative estimate of drug-likeness (QED) is 0.661. The van der Waals surface area contributed by atoms with Gasteiger partial charge in [-0.1, -0.05) is 0 Å². The second-order valence-corrected chi connectivity index (χ2v) is 4.34. The van der Waals surface area contributed by atoms with Gasteiger partial charge < -0.3 is 5.32 Å². The van der Waals surface area contributed by atoms with Crippen LogP contribution in [0.15, 0.2) is 18.2 Å². The second-order valence-electron chi connectivity index (χ2n) is 4.34. The molecule has 1 atom stereocenters. The molecule has 1 aromatic carbocycles. The number of rotatable bonds is 4. The number of hydrogen-bond acceptors (Lipinski definition) is 4. The first-order chi connectivity index (χ1) is 9.02. The molecular formula is C12H10FN3O3. The predicted octanol–water partition coefficient (Wildman–Crippen LogP) is 1.77. The Kier molecular flexibility index (Phi) is 3.42. The van der Waals surface area contributed by atoms with E-state index in [9.17, 15) is 19.3 Å². The smallest absolute Gasteiger partial charge is 0.305 e. The number of nitrogens with one attached hydrogen (secondary N) is 1. The second kappa shape index (κ2) is 5.02. The van der Waals surface area contributed by atoms with Gasteiger partial charge in [-0.25, -0.2) is 0 Å². The van der Waals surface area contributed by atoms with Crippen molar-refractivity contribution in [2.75, 3.05) is 0 Å². The van der Waals surface area contributed by atoms with Gasteiger partial charge in [0.15, 0.2) is 0 Å². The van der Waals surface area contributed by atoms with Crippen molar-refractivity contribution < 1.29 is 14.1 Å². The lowest BCUT2D eigenvalue weighted by Gasteiger charge is -2.10. The third-order valence-electron chi connectivity index (χ3n) is 2.92. The van der Waals surface area contributed by atoms with Gasteiger partial charge in [0.1, 0.15) is 6.04 Å². The Morgan fingerprint density at radius 1 is 1.58 bits per heavy atom. The van der Waals surface area contributed by atoms with Crippen molar-refractivity contribution in [2.45, 2.75) is 18.9 Å². The highest BCUT2D eigenvalue weighted by Gasteiger charge is 2.32. The average molecular weight is 263 g/mol. The number of benzene rings is 1. The van der Waals surface area contributed by atoms with E-state index in [1.54, 1.807) is 0 Å². The number of nitro groups is 1. The minimum absolute atomic E-state index is 0.0333. The molecule has 1 amide bonds. The van der Waals surface area contributed by atoms with Gasteiger partial charge in [-0.15, -0.1) is 0 Å². The first-order valence-electron chi connectivity index (χ1n) is 5.67. The molecule has 6 nitrogen and oxygen atoms in total. The minimum Gasteiger partial charge on any atom is -0.336 e. The maximum atomic E-state index is 13.1. The van der Waals surface area contributed by atoms with E-state index in [1.807, 2.05) is 6.07 Å². The Morgan fingerprint density at radius 2 is 2.26 bits per heavy atom. The molecule has 7 heteroatoms. The SMILES string of the molecule is N#CC(NC(=O)c1ccc(F)c([N+](=O)[O-])c1)C1CC1. The minimum atomic E-state index is -0.999. The number of amides is 1. The molecule has 1 unspecified atom stereocenters. The summed E-state index contributed by atoms with van der Waals surface area (Å²) in [6.45, 7) is 0. The number of nitro benzene ring substituents is 1. The number of carbonyl (C=O) groups excluding carboxylic acids is 1. The Bertz CT molecular complexity index is 578. The topological polar surface area (TPSA) is 96.0 Å².